The Hall–Kier alpha value is -2.12. The summed E-state index contributed by atoms with van der Waals surface area (Å²) in [7, 11) is 3.17. The molecule has 1 atom stereocenters. The van der Waals surface area contributed by atoms with Crippen LogP contribution in [0.25, 0.3) is 0 Å². The number of methoxy groups -OCH3 is 2. The highest BCUT2D eigenvalue weighted by molar-refractivity contribution is 6.32. The zero-order chi connectivity index (χ0) is 17.1. The summed E-state index contributed by atoms with van der Waals surface area (Å²) in [5.41, 5.74) is 0.729. The Morgan fingerprint density at radius 2 is 2.25 bits per heavy atom. The first kappa shape index (κ1) is 16.7. The number of hydrogen-bond acceptors (Lipinski definition) is 6. The van der Waals surface area contributed by atoms with E-state index in [0.717, 1.165) is 5.69 Å². The lowest BCUT2D eigenvalue weighted by atomic mass is 10.1. The Bertz CT molecular complexity index is 734. The smallest absolute Gasteiger partial charge is 0.232 e. The van der Waals surface area contributed by atoms with Gasteiger partial charge in [-0.1, -0.05) is 16.8 Å². The molecule has 1 fully saturated rings. The first-order valence-corrected chi connectivity index (χ1v) is 7.95. The lowest BCUT2D eigenvalue weighted by Gasteiger charge is -2.17. The topological polar surface area (TPSA) is 77.7 Å². The molecule has 0 N–H and O–H groups in total. The molecule has 1 aromatic heterocycles. The average molecular weight is 352 g/mol. The standard InChI is InChI=1S/C16H18ClN3O4/c1-22-6-5-14-18-16(24-19-14)10-7-15(21)20(9-10)11-3-4-13(23-2)12(17)8-11/h3-4,8,10H,5-7,9H2,1-2H3/t10-/m0/s1. The van der Waals surface area contributed by atoms with Crippen LogP contribution in [0.3, 0.4) is 0 Å². The van der Waals surface area contributed by atoms with Gasteiger partial charge >= 0.3 is 0 Å². The molecule has 0 bridgehead atoms. The van der Waals surface area contributed by atoms with Crippen LogP contribution in [-0.4, -0.2) is 43.4 Å². The first-order valence-electron chi connectivity index (χ1n) is 7.57. The fraction of sp³-hybridized carbons (Fsp3) is 0.438. The maximum absolute atomic E-state index is 12.3. The van der Waals surface area contributed by atoms with Gasteiger partial charge in [-0.15, -0.1) is 0 Å². The highest BCUT2D eigenvalue weighted by atomic mass is 35.5. The van der Waals surface area contributed by atoms with Gasteiger partial charge in [0.05, 0.1) is 24.7 Å². The van der Waals surface area contributed by atoms with E-state index in [1.807, 2.05) is 6.07 Å². The predicted molar refractivity (Wildman–Crippen MR) is 87.6 cm³/mol. The molecule has 0 saturated carbocycles. The van der Waals surface area contributed by atoms with Gasteiger partial charge in [0.1, 0.15) is 5.75 Å². The van der Waals surface area contributed by atoms with Gasteiger partial charge in [0.15, 0.2) is 5.82 Å². The van der Waals surface area contributed by atoms with Crippen molar-refractivity contribution >= 4 is 23.2 Å². The van der Waals surface area contributed by atoms with Gasteiger partial charge in [0, 0.05) is 32.2 Å². The number of aromatic nitrogens is 2. The van der Waals surface area contributed by atoms with Gasteiger partial charge < -0.3 is 18.9 Å². The molecular formula is C16H18ClN3O4. The molecule has 1 aliphatic heterocycles. The van der Waals surface area contributed by atoms with Gasteiger partial charge in [-0.05, 0) is 18.2 Å². The summed E-state index contributed by atoms with van der Waals surface area (Å²) in [6.45, 7) is 1.01. The summed E-state index contributed by atoms with van der Waals surface area (Å²) in [5, 5.41) is 4.39. The van der Waals surface area contributed by atoms with Crippen LogP contribution in [0.2, 0.25) is 5.02 Å². The Morgan fingerprint density at radius 1 is 1.42 bits per heavy atom. The molecule has 1 saturated heterocycles. The summed E-state index contributed by atoms with van der Waals surface area (Å²) in [6.07, 6.45) is 0.911. The average Bonchev–Trinajstić information content (AvgIpc) is 3.19. The van der Waals surface area contributed by atoms with E-state index in [4.69, 9.17) is 25.6 Å². The van der Waals surface area contributed by atoms with Crippen molar-refractivity contribution in [2.75, 3.05) is 32.3 Å². The molecule has 1 aliphatic rings. The number of anilines is 1. The number of benzene rings is 1. The van der Waals surface area contributed by atoms with Crippen molar-refractivity contribution in [3.8, 4) is 5.75 Å². The van der Waals surface area contributed by atoms with Crippen LogP contribution < -0.4 is 9.64 Å². The van der Waals surface area contributed by atoms with E-state index in [9.17, 15) is 4.79 Å². The van der Waals surface area contributed by atoms with Crippen molar-refractivity contribution < 1.29 is 18.8 Å². The van der Waals surface area contributed by atoms with E-state index < -0.39 is 0 Å². The van der Waals surface area contributed by atoms with Crippen molar-refractivity contribution in [2.24, 2.45) is 0 Å². The van der Waals surface area contributed by atoms with Crippen molar-refractivity contribution in [2.45, 2.75) is 18.8 Å². The van der Waals surface area contributed by atoms with E-state index in [2.05, 4.69) is 10.1 Å². The fourth-order valence-corrected chi connectivity index (χ4v) is 2.93. The molecule has 1 amide bonds. The van der Waals surface area contributed by atoms with E-state index in [1.165, 1.54) is 0 Å². The molecule has 0 radical (unpaired) electrons. The second-order valence-electron chi connectivity index (χ2n) is 5.52. The Labute approximate surface area is 144 Å². The summed E-state index contributed by atoms with van der Waals surface area (Å²) < 4.78 is 15.4. The van der Waals surface area contributed by atoms with E-state index in [0.29, 0.717) is 48.5 Å². The van der Waals surface area contributed by atoms with Gasteiger partial charge in [0.2, 0.25) is 11.8 Å². The number of amides is 1. The number of hydrogen-bond donors (Lipinski definition) is 0. The second kappa shape index (κ2) is 7.19. The molecule has 2 heterocycles. The summed E-state index contributed by atoms with van der Waals surface area (Å²) in [5.74, 6) is 1.52. The third kappa shape index (κ3) is 3.37. The van der Waals surface area contributed by atoms with Crippen LogP contribution in [0.1, 0.15) is 24.1 Å². The summed E-state index contributed by atoms with van der Waals surface area (Å²) in [6, 6.07) is 5.27. The van der Waals surface area contributed by atoms with E-state index in [-0.39, 0.29) is 11.8 Å². The van der Waals surface area contributed by atoms with Crippen molar-refractivity contribution in [3.63, 3.8) is 0 Å². The van der Waals surface area contributed by atoms with Crippen LogP contribution in [-0.2, 0) is 16.0 Å². The van der Waals surface area contributed by atoms with Gasteiger partial charge in [-0.3, -0.25) is 4.79 Å². The number of carbonyl (C=O) groups excluding carboxylic acids is 1. The minimum absolute atomic E-state index is 0.00197. The lowest BCUT2D eigenvalue weighted by Crippen LogP contribution is -2.24. The molecule has 0 spiro atoms. The quantitative estimate of drug-likeness (QED) is 0.795. The number of nitrogens with zero attached hydrogens (tertiary/aromatic N) is 3. The van der Waals surface area contributed by atoms with Crippen LogP contribution in [0, 0.1) is 0 Å². The van der Waals surface area contributed by atoms with Gasteiger partial charge in [-0.25, -0.2) is 0 Å². The maximum atomic E-state index is 12.3. The predicted octanol–water partition coefficient (Wildman–Crippen LogP) is 2.44. The van der Waals surface area contributed by atoms with Crippen LogP contribution in [0.4, 0.5) is 5.69 Å². The second-order valence-corrected chi connectivity index (χ2v) is 5.92. The lowest BCUT2D eigenvalue weighted by molar-refractivity contribution is -0.117. The third-order valence-corrected chi connectivity index (χ3v) is 4.23. The van der Waals surface area contributed by atoms with E-state index >= 15 is 0 Å². The molecule has 2 aromatic rings. The molecule has 3 rings (SSSR count). The normalized spacial score (nSPS) is 17.5. The van der Waals surface area contributed by atoms with Gasteiger partial charge in [0.25, 0.3) is 0 Å². The number of ether oxygens (including phenoxy) is 2. The third-order valence-electron chi connectivity index (χ3n) is 3.93. The Morgan fingerprint density at radius 3 is 2.96 bits per heavy atom. The Balaban J connectivity index is 1.73. The molecule has 24 heavy (non-hydrogen) atoms. The van der Waals surface area contributed by atoms with E-state index in [1.54, 1.807) is 31.3 Å². The molecule has 1 aromatic carbocycles. The van der Waals surface area contributed by atoms with Crippen LogP contribution >= 0.6 is 11.6 Å². The van der Waals surface area contributed by atoms with Crippen molar-refractivity contribution in [3.05, 3.63) is 34.9 Å². The fourth-order valence-electron chi connectivity index (χ4n) is 2.67. The van der Waals surface area contributed by atoms with Crippen molar-refractivity contribution in [1.29, 1.82) is 0 Å². The molecule has 128 valence electrons. The molecule has 7 nitrogen and oxygen atoms in total. The number of halogens is 1. The minimum Gasteiger partial charge on any atom is -0.495 e. The van der Waals surface area contributed by atoms with Crippen LogP contribution in [0.15, 0.2) is 22.7 Å². The molecule has 0 aliphatic carbocycles. The van der Waals surface area contributed by atoms with Gasteiger partial charge in [-0.2, -0.15) is 4.98 Å². The molecular weight excluding hydrogens is 334 g/mol. The highest BCUT2D eigenvalue weighted by Crippen LogP contribution is 2.34. The minimum atomic E-state index is -0.123. The monoisotopic (exact) mass is 351 g/mol. The zero-order valence-corrected chi connectivity index (χ0v) is 14.2. The number of rotatable bonds is 6. The SMILES string of the molecule is COCCc1noc([C@H]2CC(=O)N(c3ccc(OC)c(Cl)c3)C2)n1. The highest BCUT2D eigenvalue weighted by Gasteiger charge is 2.35. The molecule has 8 heteroatoms. The number of carbonyl (C=O) groups is 1. The zero-order valence-electron chi connectivity index (χ0n) is 13.5. The van der Waals surface area contributed by atoms with Crippen LogP contribution in [0.5, 0.6) is 5.75 Å². The molecule has 0 unspecified atom stereocenters. The largest absolute Gasteiger partial charge is 0.495 e. The Kier molecular flexibility index (Phi) is 5.01. The summed E-state index contributed by atoms with van der Waals surface area (Å²) in [4.78, 5) is 18.4. The summed E-state index contributed by atoms with van der Waals surface area (Å²) >= 11 is 6.15. The first-order chi connectivity index (χ1) is 11.6. The maximum Gasteiger partial charge on any atom is 0.232 e. The van der Waals surface area contributed by atoms with Crippen molar-refractivity contribution in [1.82, 2.24) is 10.1 Å².